The molecule has 0 spiro atoms. The van der Waals surface area contributed by atoms with Gasteiger partial charge in [0.25, 0.3) is 0 Å². The van der Waals surface area contributed by atoms with Gasteiger partial charge in [-0.3, -0.25) is 4.79 Å². The normalized spacial score (nSPS) is 10.8. The molecule has 0 atom stereocenters. The van der Waals surface area contributed by atoms with Crippen molar-refractivity contribution in [2.24, 2.45) is 0 Å². The van der Waals surface area contributed by atoms with E-state index in [0.29, 0.717) is 6.42 Å². The van der Waals surface area contributed by atoms with Crippen molar-refractivity contribution in [2.45, 2.75) is 25.9 Å². The lowest BCUT2D eigenvalue weighted by atomic mass is 10.1. The Bertz CT molecular complexity index is 489. The van der Waals surface area contributed by atoms with E-state index in [0.717, 1.165) is 12.1 Å². The predicted molar refractivity (Wildman–Crippen MR) is 59.7 cm³/mol. The van der Waals surface area contributed by atoms with Crippen molar-refractivity contribution in [3.8, 4) is 6.07 Å². The van der Waals surface area contributed by atoms with Crippen LogP contribution in [-0.2, 0) is 11.0 Å². The molecule has 0 unspecified atom stereocenters. The number of anilines is 1. The lowest BCUT2D eigenvalue weighted by molar-refractivity contribution is -0.137. The summed E-state index contributed by atoms with van der Waals surface area (Å²) in [7, 11) is 0. The van der Waals surface area contributed by atoms with Crippen LogP contribution in [0.5, 0.6) is 0 Å². The number of halogens is 3. The van der Waals surface area contributed by atoms with E-state index in [1.54, 1.807) is 13.0 Å². The number of hydrogen-bond donors (Lipinski definition) is 1. The first kappa shape index (κ1) is 14.0. The zero-order valence-corrected chi connectivity index (χ0v) is 9.64. The SMILES string of the molecule is CCCC(=O)Nc1ccc(C#N)cc1C(F)(F)F. The summed E-state index contributed by atoms with van der Waals surface area (Å²) < 4.78 is 38.2. The van der Waals surface area contributed by atoms with Crippen molar-refractivity contribution >= 4 is 11.6 Å². The Balaban J connectivity index is 3.12. The van der Waals surface area contributed by atoms with Crippen LogP contribution < -0.4 is 5.32 Å². The number of hydrogen-bond acceptors (Lipinski definition) is 2. The molecule has 1 aromatic rings. The Morgan fingerprint density at radius 2 is 2.11 bits per heavy atom. The quantitative estimate of drug-likeness (QED) is 0.901. The van der Waals surface area contributed by atoms with Gasteiger partial charge in [0.05, 0.1) is 22.9 Å². The van der Waals surface area contributed by atoms with Crippen LogP contribution >= 0.6 is 0 Å². The summed E-state index contributed by atoms with van der Waals surface area (Å²) in [5.74, 6) is -0.479. The van der Waals surface area contributed by atoms with E-state index >= 15 is 0 Å². The smallest absolute Gasteiger partial charge is 0.326 e. The Labute approximate surface area is 102 Å². The van der Waals surface area contributed by atoms with Gasteiger partial charge in [0, 0.05) is 6.42 Å². The van der Waals surface area contributed by atoms with Gasteiger partial charge in [-0.05, 0) is 24.6 Å². The summed E-state index contributed by atoms with van der Waals surface area (Å²) in [5.41, 5.74) is -1.43. The third-order valence-electron chi connectivity index (χ3n) is 2.21. The summed E-state index contributed by atoms with van der Waals surface area (Å²) >= 11 is 0. The van der Waals surface area contributed by atoms with Gasteiger partial charge in [-0.1, -0.05) is 6.92 Å². The number of nitrogens with one attached hydrogen (secondary N) is 1. The first-order valence-corrected chi connectivity index (χ1v) is 5.29. The first-order chi connectivity index (χ1) is 8.38. The number of carbonyl (C=O) groups excluding carboxylic acids is 1. The second-order valence-corrected chi connectivity index (χ2v) is 3.67. The highest BCUT2D eigenvalue weighted by atomic mass is 19.4. The molecule has 3 nitrogen and oxygen atoms in total. The zero-order chi connectivity index (χ0) is 13.8. The zero-order valence-electron chi connectivity index (χ0n) is 9.64. The number of benzene rings is 1. The standard InChI is InChI=1S/C12H11F3N2O/c1-2-3-11(18)17-10-5-4-8(7-16)6-9(10)12(13,14)15/h4-6H,2-3H2,1H3,(H,17,18). The van der Waals surface area contributed by atoms with Crippen molar-refractivity contribution in [1.82, 2.24) is 0 Å². The molecular formula is C12H11F3N2O. The first-order valence-electron chi connectivity index (χ1n) is 5.29. The predicted octanol–water partition coefficient (Wildman–Crippen LogP) is 3.32. The summed E-state index contributed by atoms with van der Waals surface area (Å²) in [6.45, 7) is 1.75. The van der Waals surface area contributed by atoms with Crippen molar-refractivity contribution < 1.29 is 18.0 Å². The molecule has 1 N–H and O–H groups in total. The van der Waals surface area contributed by atoms with Gasteiger partial charge in [-0.2, -0.15) is 18.4 Å². The molecule has 0 fully saturated rings. The Hall–Kier alpha value is -2.03. The molecule has 0 aliphatic rings. The summed E-state index contributed by atoms with van der Waals surface area (Å²) in [4.78, 5) is 11.3. The molecule has 0 saturated heterocycles. The Morgan fingerprint density at radius 3 is 2.61 bits per heavy atom. The number of nitrogens with zero attached hydrogens (tertiary/aromatic N) is 1. The maximum absolute atomic E-state index is 12.7. The molecule has 0 saturated carbocycles. The number of alkyl halides is 3. The minimum absolute atomic E-state index is 0.101. The summed E-state index contributed by atoms with van der Waals surface area (Å²) in [6.07, 6.45) is -3.91. The van der Waals surface area contributed by atoms with Crippen LogP contribution in [0, 0.1) is 11.3 Å². The average molecular weight is 256 g/mol. The fourth-order valence-electron chi connectivity index (χ4n) is 1.40. The lowest BCUT2D eigenvalue weighted by Gasteiger charge is -2.13. The molecule has 0 radical (unpaired) electrons. The van der Waals surface area contributed by atoms with Gasteiger partial charge < -0.3 is 5.32 Å². The molecule has 0 aromatic heterocycles. The number of carbonyl (C=O) groups is 1. The molecule has 96 valence electrons. The van der Waals surface area contributed by atoms with E-state index < -0.39 is 17.6 Å². The van der Waals surface area contributed by atoms with E-state index in [-0.39, 0.29) is 17.7 Å². The molecular weight excluding hydrogens is 245 g/mol. The number of amides is 1. The minimum atomic E-state index is -4.61. The van der Waals surface area contributed by atoms with Crippen molar-refractivity contribution in [3.05, 3.63) is 29.3 Å². The summed E-state index contributed by atoms with van der Waals surface area (Å²) in [6, 6.07) is 4.68. The highest BCUT2D eigenvalue weighted by molar-refractivity contribution is 5.91. The maximum atomic E-state index is 12.7. The van der Waals surface area contributed by atoms with Crippen molar-refractivity contribution in [1.29, 1.82) is 5.26 Å². The van der Waals surface area contributed by atoms with Crippen molar-refractivity contribution in [2.75, 3.05) is 5.32 Å². The highest BCUT2D eigenvalue weighted by Crippen LogP contribution is 2.35. The second kappa shape index (κ2) is 5.54. The lowest BCUT2D eigenvalue weighted by Crippen LogP contribution is -2.16. The number of rotatable bonds is 3. The van der Waals surface area contributed by atoms with E-state index in [1.807, 2.05) is 0 Å². The molecule has 0 bridgehead atoms. The highest BCUT2D eigenvalue weighted by Gasteiger charge is 2.34. The van der Waals surface area contributed by atoms with Crippen LogP contribution in [0.4, 0.5) is 18.9 Å². The third-order valence-corrected chi connectivity index (χ3v) is 2.21. The van der Waals surface area contributed by atoms with E-state index in [2.05, 4.69) is 5.32 Å². The second-order valence-electron chi connectivity index (χ2n) is 3.67. The minimum Gasteiger partial charge on any atom is -0.326 e. The number of nitriles is 1. The van der Waals surface area contributed by atoms with Crippen LogP contribution in [0.15, 0.2) is 18.2 Å². The van der Waals surface area contributed by atoms with Gasteiger partial charge >= 0.3 is 6.18 Å². The molecule has 0 aliphatic carbocycles. The van der Waals surface area contributed by atoms with Crippen LogP contribution in [0.2, 0.25) is 0 Å². The van der Waals surface area contributed by atoms with E-state index in [9.17, 15) is 18.0 Å². The Morgan fingerprint density at radius 1 is 1.44 bits per heavy atom. The van der Waals surface area contributed by atoms with Gasteiger partial charge in [0.1, 0.15) is 0 Å². The third kappa shape index (κ3) is 3.48. The topological polar surface area (TPSA) is 52.9 Å². The average Bonchev–Trinajstić information content (AvgIpc) is 2.28. The molecule has 18 heavy (non-hydrogen) atoms. The van der Waals surface area contributed by atoms with Crippen LogP contribution in [0.1, 0.15) is 30.9 Å². The van der Waals surface area contributed by atoms with Crippen molar-refractivity contribution in [3.63, 3.8) is 0 Å². The van der Waals surface area contributed by atoms with Gasteiger partial charge in [0.2, 0.25) is 5.91 Å². The Kier molecular flexibility index (Phi) is 4.32. The van der Waals surface area contributed by atoms with E-state index in [4.69, 9.17) is 5.26 Å². The van der Waals surface area contributed by atoms with Crippen LogP contribution in [0.25, 0.3) is 0 Å². The fraction of sp³-hybridized carbons (Fsp3) is 0.333. The van der Waals surface area contributed by atoms with Crippen LogP contribution in [0.3, 0.4) is 0 Å². The largest absolute Gasteiger partial charge is 0.418 e. The van der Waals surface area contributed by atoms with Crippen LogP contribution in [-0.4, -0.2) is 5.91 Å². The molecule has 1 rings (SSSR count). The van der Waals surface area contributed by atoms with Gasteiger partial charge in [0.15, 0.2) is 0 Å². The molecule has 1 aromatic carbocycles. The molecule has 0 aliphatic heterocycles. The van der Waals surface area contributed by atoms with Gasteiger partial charge in [-0.25, -0.2) is 0 Å². The maximum Gasteiger partial charge on any atom is 0.418 e. The van der Waals surface area contributed by atoms with Gasteiger partial charge in [-0.15, -0.1) is 0 Å². The molecule has 0 heterocycles. The molecule has 6 heteroatoms. The molecule has 1 amide bonds. The van der Waals surface area contributed by atoms with E-state index in [1.165, 1.54) is 6.07 Å². The monoisotopic (exact) mass is 256 g/mol. The summed E-state index contributed by atoms with van der Waals surface area (Å²) in [5, 5.41) is 10.8. The fourth-order valence-corrected chi connectivity index (χ4v) is 1.40.